The fraction of sp³-hybridized carbons (Fsp3) is 0.333. The van der Waals surface area contributed by atoms with Gasteiger partial charge in [0.15, 0.2) is 12.0 Å². The molecule has 0 spiro atoms. The van der Waals surface area contributed by atoms with Crippen molar-refractivity contribution in [3.8, 4) is 0 Å². The van der Waals surface area contributed by atoms with Crippen LogP contribution < -0.4 is 4.72 Å². The van der Waals surface area contributed by atoms with E-state index in [1.165, 1.54) is 24.3 Å². The van der Waals surface area contributed by atoms with Crippen LogP contribution in [0.5, 0.6) is 0 Å². The van der Waals surface area contributed by atoms with Gasteiger partial charge in [-0.2, -0.15) is 13.8 Å². The number of nitrogens with zero attached hydrogens (tertiary/aromatic N) is 3. The first-order chi connectivity index (χ1) is 10.8. The minimum atomic E-state index is -4.68. The first kappa shape index (κ1) is 15.9. The molecule has 6 nitrogen and oxygen atoms in total. The standard InChI is InChI=1S/C12H10F4N4O2S/c13-7-4-2-1-3-6(7)9-5-8(14)10-17-12(18-20(9)10)23(21,22)19-11(15)16/h1-4,8-9,11,19H,5H2/t8-,9-/m0/s1. The van der Waals surface area contributed by atoms with Crippen molar-refractivity contribution in [2.75, 3.05) is 0 Å². The summed E-state index contributed by atoms with van der Waals surface area (Å²) in [6.45, 7) is -3.35. The number of halogens is 4. The zero-order chi connectivity index (χ0) is 16.8. The lowest BCUT2D eigenvalue weighted by Gasteiger charge is -2.12. The lowest BCUT2D eigenvalue weighted by Crippen LogP contribution is -2.29. The fourth-order valence-corrected chi connectivity index (χ4v) is 3.20. The van der Waals surface area contributed by atoms with Gasteiger partial charge in [-0.1, -0.05) is 18.2 Å². The van der Waals surface area contributed by atoms with E-state index in [-0.39, 0.29) is 17.8 Å². The second-order valence-corrected chi connectivity index (χ2v) is 6.47. The van der Waals surface area contributed by atoms with Gasteiger partial charge in [0, 0.05) is 12.0 Å². The fourth-order valence-electron chi connectivity index (χ4n) is 2.45. The zero-order valence-corrected chi connectivity index (χ0v) is 12.1. The van der Waals surface area contributed by atoms with Crippen LogP contribution in [0.4, 0.5) is 17.6 Å². The number of benzene rings is 1. The Labute approximate surface area is 128 Å². The second kappa shape index (κ2) is 5.57. The van der Waals surface area contributed by atoms with Crippen molar-refractivity contribution in [1.29, 1.82) is 0 Å². The molecule has 0 saturated carbocycles. The molecular weight excluding hydrogens is 340 g/mol. The Morgan fingerprint density at radius 3 is 2.65 bits per heavy atom. The Morgan fingerprint density at radius 2 is 2.00 bits per heavy atom. The number of aromatic nitrogens is 3. The van der Waals surface area contributed by atoms with Crippen LogP contribution in [-0.4, -0.2) is 29.7 Å². The molecule has 2 atom stereocenters. The Balaban J connectivity index is 2.03. The predicted octanol–water partition coefficient (Wildman–Crippen LogP) is 1.92. The number of hydrogen-bond donors (Lipinski definition) is 1. The van der Waals surface area contributed by atoms with E-state index in [9.17, 15) is 26.0 Å². The predicted molar refractivity (Wildman–Crippen MR) is 69.4 cm³/mol. The summed E-state index contributed by atoms with van der Waals surface area (Å²) in [6.07, 6.45) is -1.85. The van der Waals surface area contributed by atoms with Gasteiger partial charge in [0.05, 0.1) is 6.04 Å². The van der Waals surface area contributed by atoms with Crippen LogP contribution in [0.25, 0.3) is 0 Å². The van der Waals surface area contributed by atoms with Gasteiger partial charge in [-0.05, 0) is 6.07 Å². The number of nitrogens with one attached hydrogen (secondary N) is 1. The summed E-state index contributed by atoms with van der Waals surface area (Å²) in [5, 5.41) is 2.60. The summed E-state index contributed by atoms with van der Waals surface area (Å²) in [6, 6.07) is 4.68. The number of fused-ring (bicyclic) bond motifs is 1. The van der Waals surface area contributed by atoms with Crippen LogP contribution in [0.3, 0.4) is 0 Å². The van der Waals surface area contributed by atoms with E-state index in [1.807, 2.05) is 0 Å². The third-order valence-corrected chi connectivity index (χ3v) is 4.53. The topological polar surface area (TPSA) is 76.9 Å². The average Bonchev–Trinajstić information content (AvgIpc) is 3.00. The molecule has 0 fully saturated rings. The Morgan fingerprint density at radius 1 is 1.30 bits per heavy atom. The highest BCUT2D eigenvalue weighted by atomic mass is 32.2. The third-order valence-electron chi connectivity index (χ3n) is 3.39. The van der Waals surface area contributed by atoms with E-state index < -0.39 is 39.8 Å². The minimum absolute atomic E-state index is 0.115. The monoisotopic (exact) mass is 350 g/mol. The smallest absolute Gasteiger partial charge is 0.239 e. The Bertz CT molecular complexity index is 839. The van der Waals surface area contributed by atoms with E-state index in [2.05, 4.69) is 10.1 Å². The number of rotatable bonds is 4. The summed E-state index contributed by atoms with van der Waals surface area (Å²) < 4.78 is 77.5. The van der Waals surface area contributed by atoms with Gasteiger partial charge in [-0.3, -0.25) is 0 Å². The van der Waals surface area contributed by atoms with Gasteiger partial charge in [-0.25, -0.2) is 21.9 Å². The largest absolute Gasteiger partial charge is 0.305 e. The highest BCUT2D eigenvalue weighted by Gasteiger charge is 2.38. The maximum atomic E-state index is 14.0. The van der Waals surface area contributed by atoms with Crippen LogP contribution in [0.1, 0.15) is 30.0 Å². The molecule has 1 aromatic heterocycles. The van der Waals surface area contributed by atoms with E-state index in [4.69, 9.17) is 0 Å². The molecule has 1 aliphatic heterocycles. The molecule has 23 heavy (non-hydrogen) atoms. The molecule has 2 aromatic rings. The molecule has 0 bridgehead atoms. The highest BCUT2D eigenvalue weighted by Crippen LogP contribution is 2.40. The van der Waals surface area contributed by atoms with Crippen LogP contribution in [0, 0.1) is 5.82 Å². The normalized spacial score (nSPS) is 20.9. The molecular formula is C12H10F4N4O2S. The molecule has 2 heterocycles. The van der Waals surface area contributed by atoms with Gasteiger partial charge in [0.25, 0.3) is 15.2 Å². The van der Waals surface area contributed by atoms with Gasteiger partial charge in [0.2, 0.25) is 0 Å². The molecule has 0 saturated heterocycles. The Kier molecular flexibility index (Phi) is 3.84. The lowest BCUT2D eigenvalue weighted by atomic mass is 10.0. The maximum absolute atomic E-state index is 14.0. The van der Waals surface area contributed by atoms with E-state index in [0.29, 0.717) is 0 Å². The van der Waals surface area contributed by atoms with Gasteiger partial charge in [0.1, 0.15) is 5.82 Å². The third kappa shape index (κ3) is 2.81. The summed E-state index contributed by atoms with van der Waals surface area (Å²) >= 11 is 0. The van der Waals surface area contributed by atoms with Gasteiger partial charge >= 0.3 is 6.55 Å². The second-order valence-electron chi connectivity index (χ2n) is 4.86. The summed E-state index contributed by atoms with van der Waals surface area (Å²) in [5.41, 5.74) is 0.115. The van der Waals surface area contributed by atoms with Gasteiger partial charge in [-0.15, -0.1) is 9.82 Å². The van der Waals surface area contributed by atoms with E-state index in [1.54, 1.807) is 0 Å². The van der Waals surface area contributed by atoms with Crippen molar-refractivity contribution in [1.82, 2.24) is 19.5 Å². The van der Waals surface area contributed by atoms with Crippen molar-refractivity contribution in [2.24, 2.45) is 0 Å². The molecule has 1 N–H and O–H groups in total. The lowest BCUT2D eigenvalue weighted by molar-refractivity contribution is 0.136. The van der Waals surface area contributed by atoms with Crippen LogP contribution in [-0.2, 0) is 10.0 Å². The van der Waals surface area contributed by atoms with E-state index >= 15 is 0 Å². The van der Waals surface area contributed by atoms with Crippen molar-refractivity contribution in [3.05, 3.63) is 41.5 Å². The molecule has 124 valence electrons. The first-order valence-electron chi connectivity index (χ1n) is 6.45. The number of alkyl halides is 3. The molecule has 0 radical (unpaired) electrons. The average molecular weight is 350 g/mol. The minimum Gasteiger partial charge on any atom is -0.239 e. The van der Waals surface area contributed by atoms with Crippen LogP contribution in [0.2, 0.25) is 0 Å². The van der Waals surface area contributed by atoms with Gasteiger partial charge < -0.3 is 0 Å². The first-order valence-corrected chi connectivity index (χ1v) is 7.93. The van der Waals surface area contributed by atoms with Crippen molar-refractivity contribution >= 4 is 10.0 Å². The Hall–Kier alpha value is -2.01. The molecule has 1 aromatic carbocycles. The number of sulfonamides is 1. The van der Waals surface area contributed by atoms with Crippen molar-refractivity contribution < 1.29 is 26.0 Å². The molecule has 0 amide bonds. The summed E-state index contributed by atoms with van der Waals surface area (Å²) in [7, 11) is -4.68. The highest BCUT2D eigenvalue weighted by molar-refractivity contribution is 7.89. The van der Waals surface area contributed by atoms with Crippen LogP contribution >= 0.6 is 0 Å². The van der Waals surface area contributed by atoms with Crippen molar-refractivity contribution in [2.45, 2.75) is 30.3 Å². The SMILES string of the molecule is O=S(=O)(NC(F)F)c1nc2n(n1)[C@H](c1ccccc1F)C[C@@H]2F. The quantitative estimate of drug-likeness (QED) is 0.675. The summed E-state index contributed by atoms with van der Waals surface area (Å²) in [4.78, 5) is 3.47. The van der Waals surface area contributed by atoms with E-state index in [0.717, 1.165) is 9.40 Å². The molecule has 1 aliphatic rings. The molecule has 11 heteroatoms. The number of hydrogen-bond acceptors (Lipinski definition) is 4. The molecule has 0 unspecified atom stereocenters. The maximum Gasteiger partial charge on any atom is 0.305 e. The zero-order valence-electron chi connectivity index (χ0n) is 11.3. The molecule has 3 rings (SSSR count). The summed E-state index contributed by atoms with van der Waals surface area (Å²) in [5.74, 6) is -0.948. The van der Waals surface area contributed by atoms with Crippen LogP contribution in [0.15, 0.2) is 29.4 Å². The van der Waals surface area contributed by atoms with Crippen molar-refractivity contribution in [3.63, 3.8) is 0 Å². The molecule has 0 aliphatic carbocycles.